The summed E-state index contributed by atoms with van der Waals surface area (Å²) in [6.07, 6.45) is 0. The lowest BCUT2D eigenvalue weighted by atomic mass is 10.2. The second-order valence-electron chi connectivity index (χ2n) is 5.31. The highest BCUT2D eigenvalue weighted by atomic mass is 35.5. The van der Waals surface area contributed by atoms with E-state index >= 15 is 0 Å². The average molecular weight is 393 g/mol. The first-order valence-corrected chi connectivity index (χ1v) is 9.39. The van der Waals surface area contributed by atoms with Crippen LogP contribution in [-0.2, 0) is 16.6 Å². The zero-order valence-electron chi connectivity index (χ0n) is 13.4. The van der Waals surface area contributed by atoms with Gasteiger partial charge in [0.1, 0.15) is 11.6 Å². The van der Waals surface area contributed by atoms with Crippen molar-refractivity contribution in [2.45, 2.75) is 11.4 Å². The first-order chi connectivity index (χ1) is 12.4. The van der Waals surface area contributed by atoms with Crippen molar-refractivity contribution in [3.63, 3.8) is 0 Å². The molecule has 26 heavy (non-hydrogen) atoms. The van der Waals surface area contributed by atoms with Gasteiger partial charge in [-0.05, 0) is 42.5 Å². The summed E-state index contributed by atoms with van der Waals surface area (Å²) in [6.45, 7) is 0.233. The molecule has 0 spiro atoms. The largest absolute Gasteiger partial charge is 0.364 e. The molecule has 0 bridgehead atoms. The van der Waals surface area contributed by atoms with Crippen LogP contribution >= 0.6 is 11.6 Å². The van der Waals surface area contributed by atoms with Crippen LogP contribution in [0.2, 0.25) is 5.02 Å². The SMILES string of the molecule is O=S(=O)(Nc1ccc(NCc2ccccc2F)nn1)c1ccc(Cl)cc1. The molecule has 134 valence electrons. The minimum atomic E-state index is -3.78. The lowest BCUT2D eigenvalue weighted by molar-refractivity contribution is 0.601. The third kappa shape index (κ3) is 4.47. The van der Waals surface area contributed by atoms with Crippen molar-refractivity contribution in [3.8, 4) is 0 Å². The van der Waals surface area contributed by atoms with E-state index in [1.807, 2.05) is 0 Å². The van der Waals surface area contributed by atoms with Crippen LogP contribution in [0.1, 0.15) is 5.56 Å². The third-order valence-electron chi connectivity index (χ3n) is 3.45. The molecule has 0 aliphatic heterocycles. The third-order valence-corrected chi connectivity index (χ3v) is 5.07. The predicted octanol–water partition coefficient (Wildman–Crippen LogP) is 3.68. The van der Waals surface area contributed by atoms with Gasteiger partial charge in [0.15, 0.2) is 5.82 Å². The van der Waals surface area contributed by atoms with Gasteiger partial charge in [0.2, 0.25) is 0 Å². The maximum absolute atomic E-state index is 13.6. The molecule has 1 heterocycles. The fraction of sp³-hybridized carbons (Fsp3) is 0.0588. The topological polar surface area (TPSA) is 84.0 Å². The number of anilines is 2. The second-order valence-corrected chi connectivity index (χ2v) is 7.43. The zero-order valence-corrected chi connectivity index (χ0v) is 14.9. The van der Waals surface area contributed by atoms with Gasteiger partial charge >= 0.3 is 0 Å². The zero-order chi connectivity index (χ0) is 18.6. The van der Waals surface area contributed by atoms with Crippen molar-refractivity contribution in [2.75, 3.05) is 10.0 Å². The van der Waals surface area contributed by atoms with E-state index in [0.29, 0.717) is 16.4 Å². The fourth-order valence-electron chi connectivity index (χ4n) is 2.12. The minimum absolute atomic E-state index is 0.0606. The molecule has 6 nitrogen and oxygen atoms in total. The van der Waals surface area contributed by atoms with Gasteiger partial charge in [-0.25, -0.2) is 12.8 Å². The molecular formula is C17H14ClFN4O2S. The van der Waals surface area contributed by atoms with Gasteiger partial charge in [-0.3, -0.25) is 4.72 Å². The highest BCUT2D eigenvalue weighted by Gasteiger charge is 2.15. The smallest absolute Gasteiger partial charge is 0.263 e. The summed E-state index contributed by atoms with van der Waals surface area (Å²) in [5.41, 5.74) is 0.488. The molecule has 9 heteroatoms. The average Bonchev–Trinajstić information content (AvgIpc) is 2.62. The Labute approximate surface area is 155 Å². The minimum Gasteiger partial charge on any atom is -0.364 e. The molecule has 2 aromatic carbocycles. The van der Waals surface area contributed by atoms with Gasteiger partial charge in [-0.2, -0.15) is 0 Å². The first-order valence-electron chi connectivity index (χ1n) is 7.53. The molecule has 2 N–H and O–H groups in total. The molecule has 0 atom stereocenters. The van der Waals surface area contributed by atoms with E-state index in [4.69, 9.17) is 11.6 Å². The van der Waals surface area contributed by atoms with E-state index in [1.54, 1.807) is 24.3 Å². The molecule has 0 unspecified atom stereocenters. The van der Waals surface area contributed by atoms with Crippen LogP contribution in [0.3, 0.4) is 0 Å². The molecule has 0 saturated heterocycles. The monoisotopic (exact) mass is 392 g/mol. The van der Waals surface area contributed by atoms with E-state index in [1.165, 1.54) is 36.4 Å². The normalized spacial score (nSPS) is 11.2. The molecular weight excluding hydrogens is 379 g/mol. The molecule has 0 aliphatic carbocycles. The van der Waals surface area contributed by atoms with Crippen LogP contribution in [0.25, 0.3) is 0 Å². The lowest BCUT2D eigenvalue weighted by Gasteiger charge is -2.09. The molecule has 0 amide bonds. The quantitative estimate of drug-likeness (QED) is 0.668. The lowest BCUT2D eigenvalue weighted by Crippen LogP contribution is -2.14. The summed E-state index contributed by atoms with van der Waals surface area (Å²) in [6, 6.07) is 15.1. The number of rotatable bonds is 6. The summed E-state index contributed by atoms with van der Waals surface area (Å²) in [5.74, 6) is 0.138. The number of halogens is 2. The fourth-order valence-corrected chi connectivity index (χ4v) is 3.24. The Hall–Kier alpha value is -2.71. The van der Waals surface area contributed by atoms with Crippen molar-refractivity contribution < 1.29 is 12.8 Å². The molecule has 0 fully saturated rings. The predicted molar refractivity (Wildman–Crippen MR) is 98.0 cm³/mol. The van der Waals surface area contributed by atoms with E-state index in [-0.39, 0.29) is 23.1 Å². The van der Waals surface area contributed by atoms with E-state index in [0.717, 1.165) is 0 Å². The Morgan fingerprint density at radius 3 is 2.23 bits per heavy atom. The molecule has 3 rings (SSSR count). The Kier molecular flexibility index (Phi) is 5.34. The van der Waals surface area contributed by atoms with Gasteiger partial charge in [0.25, 0.3) is 10.0 Å². The van der Waals surface area contributed by atoms with Crippen molar-refractivity contribution >= 4 is 33.3 Å². The van der Waals surface area contributed by atoms with Crippen LogP contribution in [0, 0.1) is 5.82 Å². The Morgan fingerprint density at radius 2 is 1.58 bits per heavy atom. The highest BCUT2D eigenvalue weighted by molar-refractivity contribution is 7.92. The highest BCUT2D eigenvalue weighted by Crippen LogP contribution is 2.17. The van der Waals surface area contributed by atoms with Gasteiger partial charge in [0, 0.05) is 17.1 Å². The Morgan fingerprint density at radius 1 is 0.923 bits per heavy atom. The van der Waals surface area contributed by atoms with E-state index in [2.05, 4.69) is 20.2 Å². The Bertz CT molecular complexity index is 996. The standard InChI is InChI=1S/C17H14ClFN4O2S/c18-13-5-7-14(8-6-13)26(24,25)23-17-10-9-16(21-22-17)20-11-12-3-1-2-4-15(12)19/h1-10H,11H2,(H,20,21)(H,22,23). The number of sulfonamides is 1. The summed E-state index contributed by atoms with van der Waals surface area (Å²) in [7, 11) is -3.78. The van der Waals surface area contributed by atoms with Gasteiger partial charge in [0.05, 0.1) is 4.90 Å². The van der Waals surface area contributed by atoms with Crippen LogP contribution in [-0.4, -0.2) is 18.6 Å². The van der Waals surface area contributed by atoms with Gasteiger partial charge in [-0.15, -0.1) is 10.2 Å². The number of aromatic nitrogens is 2. The summed E-state index contributed by atoms with van der Waals surface area (Å²) < 4.78 is 40.4. The first kappa shape index (κ1) is 18.1. The number of benzene rings is 2. The van der Waals surface area contributed by atoms with Crippen molar-refractivity contribution in [1.82, 2.24) is 10.2 Å². The van der Waals surface area contributed by atoms with Gasteiger partial charge < -0.3 is 5.32 Å². The van der Waals surface area contributed by atoms with Crippen molar-refractivity contribution in [2.24, 2.45) is 0 Å². The second kappa shape index (κ2) is 7.67. The summed E-state index contributed by atoms with van der Waals surface area (Å²) in [5, 5.41) is 11.1. The molecule has 0 aliphatic rings. The van der Waals surface area contributed by atoms with E-state index in [9.17, 15) is 12.8 Å². The molecule has 0 saturated carbocycles. The summed E-state index contributed by atoms with van der Waals surface area (Å²) >= 11 is 5.76. The van der Waals surface area contributed by atoms with Crippen LogP contribution < -0.4 is 10.0 Å². The van der Waals surface area contributed by atoms with Gasteiger partial charge in [-0.1, -0.05) is 29.8 Å². The Balaban J connectivity index is 1.66. The molecule has 0 radical (unpaired) electrons. The van der Waals surface area contributed by atoms with Crippen LogP contribution in [0.4, 0.5) is 16.0 Å². The van der Waals surface area contributed by atoms with Crippen LogP contribution in [0.15, 0.2) is 65.6 Å². The van der Waals surface area contributed by atoms with Crippen LogP contribution in [0.5, 0.6) is 0 Å². The number of hydrogen-bond acceptors (Lipinski definition) is 5. The number of hydrogen-bond donors (Lipinski definition) is 2. The van der Waals surface area contributed by atoms with Crippen molar-refractivity contribution in [3.05, 3.63) is 77.1 Å². The van der Waals surface area contributed by atoms with Crippen molar-refractivity contribution in [1.29, 1.82) is 0 Å². The molecule has 1 aromatic heterocycles. The summed E-state index contributed by atoms with van der Waals surface area (Å²) in [4.78, 5) is 0.0606. The maximum atomic E-state index is 13.6. The van der Waals surface area contributed by atoms with E-state index < -0.39 is 10.0 Å². The number of nitrogens with zero attached hydrogens (tertiary/aromatic N) is 2. The molecule has 3 aromatic rings. The maximum Gasteiger partial charge on any atom is 0.263 e. The number of nitrogens with one attached hydrogen (secondary N) is 2.